The lowest BCUT2D eigenvalue weighted by Gasteiger charge is -2.27. The molecule has 254 valence electrons. The average Bonchev–Trinajstić information content (AvgIpc) is 3.64. The second-order valence-electron chi connectivity index (χ2n) is 13.7. The van der Waals surface area contributed by atoms with Crippen molar-refractivity contribution < 1.29 is 4.42 Å². The molecule has 0 saturated heterocycles. The first kappa shape index (κ1) is 31.6. The van der Waals surface area contributed by atoms with Crippen molar-refractivity contribution >= 4 is 49.8 Å². The van der Waals surface area contributed by atoms with Crippen LogP contribution in [0.2, 0.25) is 0 Å². The van der Waals surface area contributed by atoms with E-state index in [4.69, 9.17) is 4.42 Å². The molecule has 0 atom stereocenters. The highest BCUT2D eigenvalue weighted by atomic mass is 16.3. The van der Waals surface area contributed by atoms with Gasteiger partial charge in [0.05, 0.1) is 5.69 Å². The fourth-order valence-electron chi connectivity index (χ4n) is 7.86. The number of rotatable bonds is 7. The lowest BCUT2D eigenvalue weighted by molar-refractivity contribution is 0.669. The largest absolute Gasteiger partial charge is 0.454 e. The van der Waals surface area contributed by atoms with Crippen LogP contribution in [0.1, 0.15) is 0 Å². The molecule has 9 aromatic carbocycles. The van der Waals surface area contributed by atoms with Crippen molar-refractivity contribution in [1.29, 1.82) is 0 Å². The topological polar surface area (TPSA) is 16.4 Å². The van der Waals surface area contributed by atoms with Crippen molar-refractivity contribution in [2.75, 3.05) is 4.90 Å². The summed E-state index contributed by atoms with van der Waals surface area (Å²) >= 11 is 0. The lowest BCUT2D eigenvalue weighted by atomic mass is 9.93. The van der Waals surface area contributed by atoms with Gasteiger partial charge in [0.15, 0.2) is 5.58 Å². The summed E-state index contributed by atoms with van der Waals surface area (Å²) in [5, 5.41) is 4.67. The first-order chi connectivity index (χ1) is 26.8. The lowest BCUT2D eigenvalue weighted by Crippen LogP contribution is -2.10. The Hall–Kier alpha value is -7.16. The van der Waals surface area contributed by atoms with Crippen LogP contribution >= 0.6 is 0 Å². The molecule has 10 rings (SSSR count). The van der Waals surface area contributed by atoms with Gasteiger partial charge >= 0.3 is 0 Å². The summed E-state index contributed by atoms with van der Waals surface area (Å²) in [5.41, 5.74) is 14.3. The molecule has 0 aliphatic carbocycles. The monoisotopic (exact) mass is 689 g/mol. The molecule has 0 aliphatic rings. The third kappa shape index (κ3) is 5.62. The molecule has 10 aromatic rings. The van der Waals surface area contributed by atoms with Crippen molar-refractivity contribution in [3.8, 4) is 44.5 Å². The maximum absolute atomic E-state index is 6.66. The Morgan fingerprint density at radius 2 is 0.907 bits per heavy atom. The van der Waals surface area contributed by atoms with Crippen molar-refractivity contribution in [2.24, 2.45) is 0 Å². The molecule has 54 heavy (non-hydrogen) atoms. The highest BCUT2D eigenvalue weighted by Gasteiger charge is 2.21. The van der Waals surface area contributed by atoms with Gasteiger partial charge in [-0.3, -0.25) is 0 Å². The van der Waals surface area contributed by atoms with Gasteiger partial charge in [-0.05, 0) is 97.7 Å². The van der Waals surface area contributed by atoms with Crippen molar-refractivity contribution in [1.82, 2.24) is 0 Å². The first-order valence-corrected chi connectivity index (χ1v) is 18.4. The highest BCUT2D eigenvalue weighted by Crippen LogP contribution is 2.45. The van der Waals surface area contributed by atoms with E-state index in [1.54, 1.807) is 0 Å². The minimum Gasteiger partial charge on any atom is -0.454 e. The Labute approximate surface area is 314 Å². The predicted molar refractivity (Wildman–Crippen MR) is 228 cm³/mol. The van der Waals surface area contributed by atoms with Gasteiger partial charge < -0.3 is 9.32 Å². The molecule has 0 unspecified atom stereocenters. The molecule has 2 nitrogen and oxygen atoms in total. The van der Waals surface area contributed by atoms with Gasteiger partial charge in [-0.2, -0.15) is 0 Å². The van der Waals surface area contributed by atoms with Gasteiger partial charge in [-0.15, -0.1) is 0 Å². The number of hydrogen-bond acceptors (Lipinski definition) is 2. The van der Waals surface area contributed by atoms with Crippen LogP contribution in [0.5, 0.6) is 0 Å². The number of fused-ring (bicyclic) bond motifs is 4. The number of para-hydroxylation sites is 2. The zero-order valence-electron chi connectivity index (χ0n) is 29.6. The molecule has 0 aliphatic heterocycles. The molecular formula is C52H35NO. The Morgan fingerprint density at radius 3 is 1.67 bits per heavy atom. The Morgan fingerprint density at radius 1 is 0.315 bits per heavy atom. The molecule has 0 N–H and O–H groups in total. The predicted octanol–water partition coefficient (Wildman–Crippen LogP) is 14.9. The zero-order chi connectivity index (χ0) is 35.8. The standard InChI is InChI=1S/C52H35NO/c1-4-14-36(15-5-1)41-27-26-39-20-12-22-44(48(39)34-41)40-28-30-42(31-29-40)53(50-24-13-23-47-46-21-10-11-25-51(46)54-52(47)50)43-32-33-45(37-16-6-2-7-17-37)49(35-43)38-18-8-3-9-19-38/h1-35H. The van der Waals surface area contributed by atoms with E-state index in [0.717, 1.165) is 39.0 Å². The van der Waals surface area contributed by atoms with Gasteiger partial charge in [-0.1, -0.05) is 170 Å². The number of furan rings is 1. The number of nitrogens with zero attached hydrogens (tertiary/aromatic N) is 1. The molecule has 0 bridgehead atoms. The van der Waals surface area contributed by atoms with Crippen LogP contribution in [-0.2, 0) is 0 Å². The third-order valence-electron chi connectivity index (χ3n) is 10.5. The molecule has 0 saturated carbocycles. The molecule has 1 heterocycles. The normalized spacial score (nSPS) is 11.3. The van der Waals surface area contributed by atoms with E-state index in [2.05, 4.69) is 205 Å². The second kappa shape index (κ2) is 13.4. The van der Waals surface area contributed by atoms with E-state index < -0.39 is 0 Å². The van der Waals surface area contributed by atoms with Crippen LogP contribution < -0.4 is 4.90 Å². The first-order valence-electron chi connectivity index (χ1n) is 18.4. The molecule has 0 radical (unpaired) electrons. The van der Waals surface area contributed by atoms with Crippen molar-refractivity contribution in [3.05, 3.63) is 212 Å². The fraction of sp³-hybridized carbons (Fsp3) is 0. The van der Waals surface area contributed by atoms with Crippen LogP contribution in [0.4, 0.5) is 17.1 Å². The summed E-state index contributed by atoms with van der Waals surface area (Å²) in [4.78, 5) is 2.34. The van der Waals surface area contributed by atoms with E-state index in [0.29, 0.717) is 0 Å². The Kier molecular flexibility index (Phi) is 7.85. The number of hydrogen-bond donors (Lipinski definition) is 0. The SMILES string of the molecule is c1ccc(-c2ccc3cccc(-c4ccc(N(c5ccc(-c6ccccc6)c(-c6ccccc6)c5)c5cccc6c5oc5ccccc56)cc4)c3c2)cc1. The Bertz CT molecular complexity index is 2910. The summed E-state index contributed by atoms with van der Waals surface area (Å²) in [6, 6.07) is 75.8. The van der Waals surface area contributed by atoms with Gasteiger partial charge in [-0.25, -0.2) is 0 Å². The summed E-state index contributed by atoms with van der Waals surface area (Å²) in [6.45, 7) is 0. The van der Waals surface area contributed by atoms with Crippen LogP contribution in [-0.4, -0.2) is 0 Å². The van der Waals surface area contributed by atoms with E-state index in [-0.39, 0.29) is 0 Å². The number of anilines is 3. The molecule has 1 aromatic heterocycles. The fourth-order valence-corrected chi connectivity index (χ4v) is 7.86. The highest BCUT2D eigenvalue weighted by molar-refractivity contribution is 6.10. The summed E-state index contributed by atoms with van der Waals surface area (Å²) in [5.74, 6) is 0. The van der Waals surface area contributed by atoms with Crippen LogP contribution in [0.15, 0.2) is 217 Å². The van der Waals surface area contributed by atoms with Gasteiger partial charge in [0.1, 0.15) is 5.58 Å². The maximum Gasteiger partial charge on any atom is 0.159 e. The van der Waals surface area contributed by atoms with Gasteiger partial charge in [0.2, 0.25) is 0 Å². The number of benzene rings is 9. The minimum atomic E-state index is 0.860. The van der Waals surface area contributed by atoms with E-state index >= 15 is 0 Å². The van der Waals surface area contributed by atoms with Crippen LogP contribution in [0.25, 0.3) is 77.2 Å². The second-order valence-corrected chi connectivity index (χ2v) is 13.7. The maximum atomic E-state index is 6.66. The Balaban J connectivity index is 1.15. The van der Waals surface area contributed by atoms with Gasteiger partial charge in [0.25, 0.3) is 0 Å². The van der Waals surface area contributed by atoms with Crippen LogP contribution in [0.3, 0.4) is 0 Å². The van der Waals surface area contributed by atoms with Crippen LogP contribution in [0, 0.1) is 0 Å². The zero-order valence-corrected chi connectivity index (χ0v) is 29.6. The van der Waals surface area contributed by atoms with E-state index in [1.807, 2.05) is 12.1 Å². The summed E-state index contributed by atoms with van der Waals surface area (Å²) < 4.78 is 6.66. The average molecular weight is 690 g/mol. The van der Waals surface area contributed by atoms with Crippen molar-refractivity contribution in [3.63, 3.8) is 0 Å². The van der Waals surface area contributed by atoms with E-state index in [9.17, 15) is 0 Å². The van der Waals surface area contributed by atoms with E-state index in [1.165, 1.54) is 55.3 Å². The van der Waals surface area contributed by atoms with Crippen molar-refractivity contribution in [2.45, 2.75) is 0 Å². The smallest absolute Gasteiger partial charge is 0.159 e. The summed E-state index contributed by atoms with van der Waals surface area (Å²) in [6.07, 6.45) is 0. The summed E-state index contributed by atoms with van der Waals surface area (Å²) in [7, 11) is 0. The molecular weight excluding hydrogens is 655 g/mol. The quantitative estimate of drug-likeness (QED) is 0.166. The van der Waals surface area contributed by atoms with Gasteiger partial charge in [0, 0.05) is 22.1 Å². The molecule has 0 amide bonds. The molecule has 0 fully saturated rings. The molecule has 0 spiro atoms. The third-order valence-corrected chi connectivity index (χ3v) is 10.5. The minimum absolute atomic E-state index is 0.860. The molecule has 2 heteroatoms.